The van der Waals surface area contributed by atoms with Crippen molar-refractivity contribution in [2.24, 2.45) is 46.0 Å². The van der Waals surface area contributed by atoms with Crippen LogP contribution in [0.25, 0.3) is 0 Å². The van der Waals surface area contributed by atoms with Gasteiger partial charge in [0.25, 0.3) is 0 Å². The SMILES string of the molecule is CC1[C@@H](C)C[C@@]1(CN)CC(=O)O.C[C@@H]1C[C@H](C)C1(CN)CC(=O)O. The fourth-order valence-electron chi connectivity index (χ4n) is 4.75. The van der Waals surface area contributed by atoms with Crippen LogP contribution in [0, 0.1) is 34.5 Å². The highest BCUT2D eigenvalue weighted by atomic mass is 16.4. The van der Waals surface area contributed by atoms with Gasteiger partial charge in [-0.2, -0.15) is 0 Å². The van der Waals surface area contributed by atoms with Crippen molar-refractivity contribution in [2.75, 3.05) is 13.1 Å². The van der Waals surface area contributed by atoms with Crippen LogP contribution in [0.1, 0.15) is 53.4 Å². The van der Waals surface area contributed by atoms with Crippen LogP contribution in [0.3, 0.4) is 0 Å². The van der Waals surface area contributed by atoms with Gasteiger partial charge in [-0.05, 0) is 60.4 Å². The molecule has 24 heavy (non-hydrogen) atoms. The van der Waals surface area contributed by atoms with Gasteiger partial charge in [0.15, 0.2) is 0 Å². The summed E-state index contributed by atoms with van der Waals surface area (Å²) in [7, 11) is 0. The van der Waals surface area contributed by atoms with Gasteiger partial charge in [-0.3, -0.25) is 9.59 Å². The Morgan fingerprint density at radius 3 is 1.67 bits per heavy atom. The highest BCUT2D eigenvalue weighted by molar-refractivity contribution is 5.68. The largest absolute Gasteiger partial charge is 0.481 e. The van der Waals surface area contributed by atoms with Gasteiger partial charge < -0.3 is 21.7 Å². The second-order valence-electron chi connectivity index (χ2n) is 8.15. The zero-order chi connectivity index (χ0) is 18.7. The molecular weight excluding hydrogens is 308 g/mol. The van der Waals surface area contributed by atoms with E-state index in [9.17, 15) is 9.59 Å². The van der Waals surface area contributed by atoms with Crippen LogP contribution < -0.4 is 11.5 Å². The smallest absolute Gasteiger partial charge is 0.303 e. The van der Waals surface area contributed by atoms with E-state index >= 15 is 0 Å². The molecule has 0 amide bonds. The fraction of sp³-hybridized carbons (Fsp3) is 0.889. The molecule has 2 saturated carbocycles. The quantitative estimate of drug-likeness (QED) is 0.586. The summed E-state index contributed by atoms with van der Waals surface area (Å²) in [4.78, 5) is 21.2. The molecule has 6 atom stereocenters. The van der Waals surface area contributed by atoms with Gasteiger partial charge in [0.1, 0.15) is 0 Å². The summed E-state index contributed by atoms with van der Waals surface area (Å²) in [5.74, 6) is 0.576. The molecule has 0 heterocycles. The second kappa shape index (κ2) is 7.83. The van der Waals surface area contributed by atoms with Crippen LogP contribution in [-0.4, -0.2) is 35.2 Å². The van der Waals surface area contributed by atoms with Crippen molar-refractivity contribution in [3.8, 4) is 0 Å². The minimum Gasteiger partial charge on any atom is -0.481 e. The number of rotatable bonds is 6. The molecule has 0 aromatic rings. The van der Waals surface area contributed by atoms with Gasteiger partial charge >= 0.3 is 11.9 Å². The van der Waals surface area contributed by atoms with Gasteiger partial charge in [0.2, 0.25) is 0 Å². The second-order valence-corrected chi connectivity index (χ2v) is 8.15. The number of hydrogen-bond donors (Lipinski definition) is 4. The summed E-state index contributed by atoms with van der Waals surface area (Å²) >= 11 is 0. The molecule has 2 aliphatic rings. The van der Waals surface area contributed by atoms with E-state index in [2.05, 4.69) is 27.7 Å². The lowest BCUT2D eigenvalue weighted by Crippen LogP contribution is -2.52. The molecule has 6 heteroatoms. The van der Waals surface area contributed by atoms with E-state index in [1.54, 1.807) is 0 Å². The number of carbonyl (C=O) groups is 2. The van der Waals surface area contributed by atoms with E-state index in [1.165, 1.54) is 0 Å². The Labute approximate surface area is 145 Å². The third-order valence-electron chi connectivity index (χ3n) is 6.99. The minimum absolute atomic E-state index is 0.106. The topological polar surface area (TPSA) is 127 Å². The summed E-state index contributed by atoms with van der Waals surface area (Å²) in [6.45, 7) is 9.45. The maximum Gasteiger partial charge on any atom is 0.303 e. The van der Waals surface area contributed by atoms with Gasteiger partial charge in [0.05, 0.1) is 12.8 Å². The first-order valence-electron chi connectivity index (χ1n) is 8.88. The first-order valence-corrected chi connectivity index (χ1v) is 8.88. The predicted octanol–water partition coefficient (Wildman–Crippen LogP) is 2.16. The van der Waals surface area contributed by atoms with Crippen LogP contribution in [0.5, 0.6) is 0 Å². The van der Waals surface area contributed by atoms with Crippen molar-refractivity contribution in [1.82, 2.24) is 0 Å². The highest BCUT2D eigenvalue weighted by Crippen LogP contribution is 2.53. The van der Waals surface area contributed by atoms with Crippen molar-refractivity contribution < 1.29 is 19.8 Å². The Kier molecular flexibility index (Phi) is 6.82. The van der Waals surface area contributed by atoms with Crippen LogP contribution in [0.4, 0.5) is 0 Å². The van der Waals surface area contributed by atoms with E-state index in [1.807, 2.05) is 0 Å². The normalized spacial score (nSPS) is 40.6. The molecule has 0 bridgehead atoms. The summed E-state index contributed by atoms with van der Waals surface area (Å²) in [6, 6.07) is 0. The molecule has 0 aromatic carbocycles. The van der Waals surface area contributed by atoms with Crippen molar-refractivity contribution in [1.29, 1.82) is 0 Å². The Hall–Kier alpha value is -1.14. The minimum atomic E-state index is -0.723. The molecule has 0 spiro atoms. The zero-order valence-corrected chi connectivity index (χ0v) is 15.4. The average molecular weight is 342 g/mol. The van der Waals surface area contributed by atoms with E-state index in [0.29, 0.717) is 36.8 Å². The Bertz CT molecular complexity index is 460. The fourth-order valence-corrected chi connectivity index (χ4v) is 4.75. The van der Waals surface area contributed by atoms with E-state index in [-0.39, 0.29) is 23.7 Å². The Balaban J connectivity index is 0.000000240. The molecule has 6 nitrogen and oxygen atoms in total. The van der Waals surface area contributed by atoms with Crippen LogP contribution in [0.15, 0.2) is 0 Å². The molecule has 0 aromatic heterocycles. The molecule has 2 rings (SSSR count). The first kappa shape index (κ1) is 20.9. The number of nitrogens with two attached hydrogens (primary N) is 2. The molecular formula is C18H34N2O4. The van der Waals surface area contributed by atoms with Gasteiger partial charge in [-0.1, -0.05) is 27.7 Å². The van der Waals surface area contributed by atoms with E-state index in [4.69, 9.17) is 21.7 Å². The van der Waals surface area contributed by atoms with Gasteiger partial charge in [-0.15, -0.1) is 0 Å². The summed E-state index contributed by atoms with van der Waals surface area (Å²) < 4.78 is 0. The third kappa shape index (κ3) is 3.91. The van der Waals surface area contributed by atoms with E-state index < -0.39 is 11.9 Å². The first-order chi connectivity index (χ1) is 11.0. The maximum atomic E-state index is 10.6. The van der Waals surface area contributed by atoms with Crippen molar-refractivity contribution >= 4 is 11.9 Å². The lowest BCUT2D eigenvalue weighted by Gasteiger charge is -2.52. The monoisotopic (exact) mass is 342 g/mol. The Morgan fingerprint density at radius 1 is 0.958 bits per heavy atom. The maximum absolute atomic E-state index is 10.6. The summed E-state index contributed by atoms with van der Waals surface area (Å²) in [5.41, 5.74) is 11.0. The molecule has 2 aliphatic carbocycles. The van der Waals surface area contributed by atoms with Crippen molar-refractivity contribution in [3.63, 3.8) is 0 Å². The summed E-state index contributed by atoms with van der Waals surface area (Å²) in [5, 5.41) is 17.4. The number of carboxylic acids is 2. The van der Waals surface area contributed by atoms with Crippen LogP contribution >= 0.6 is 0 Å². The Morgan fingerprint density at radius 2 is 1.46 bits per heavy atom. The third-order valence-corrected chi connectivity index (χ3v) is 6.99. The van der Waals surface area contributed by atoms with Crippen molar-refractivity contribution in [2.45, 2.75) is 53.4 Å². The molecule has 2 unspecified atom stereocenters. The molecule has 0 radical (unpaired) electrons. The molecule has 140 valence electrons. The summed E-state index contributed by atoms with van der Waals surface area (Å²) in [6.07, 6.45) is 2.54. The van der Waals surface area contributed by atoms with Crippen molar-refractivity contribution in [3.05, 3.63) is 0 Å². The van der Waals surface area contributed by atoms with Gasteiger partial charge in [-0.25, -0.2) is 0 Å². The van der Waals surface area contributed by atoms with E-state index in [0.717, 1.165) is 12.8 Å². The predicted molar refractivity (Wildman–Crippen MR) is 93.4 cm³/mol. The van der Waals surface area contributed by atoms with Crippen LogP contribution in [0.2, 0.25) is 0 Å². The van der Waals surface area contributed by atoms with Crippen LogP contribution in [-0.2, 0) is 9.59 Å². The molecule has 0 saturated heterocycles. The molecule has 6 N–H and O–H groups in total. The standard InChI is InChI=1S/2C9H17NO2/c1-6-3-9(5-10,7(6)2)4-8(11)12;1-6-3-7(2)9(6,5-10)4-8(11)12/h2*6-7H,3-5,10H2,1-2H3,(H,11,12)/t6-,7?,9-;6-,7+,9?/m0./s1. The van der Waals surface area contributed by atoms with Gasteiger partial charge in [0, 0.05) is 0 Å². The molecule has 2 fully saturated rings. The number of aliphatic carboxylic acids is 2. The highest BCUT2D eigenvalue weighted by Gasteiger charge is 2.50. The lowest BCUT2D eigenvalue weighted by atomic mass is 9.52. The number of carboxylic acid groups (broad SMARTS) is 2. The molecule has 0 aliphatic heterocycles. The number of hydrogen-bond acceptors (Lipinski definition) is 4. The average Bonchev–Trinajstić information content (AvgIpc) is 2.51. The zero-order valence-electron chi connectivity index (χ0n) is 15.4. The lowest BCUT2D eigenvalue weighted by molar-refractivity contribution is -0.147.